The van der Waals surface area contributed by atoms with Gasteiger partial charge in [0.05, 0.1) is 19.3 Å². The Bertz CT molecular complexity index is 814. The van der Waals surface area contributed by atoms with Gasteiger partial charge in [0.1, 0.15) is 5.75 Å². The second kappa shape index (κ2) is 10.9. The molecule has 2 aliphatic heterocycles. The average Bonchev–Trinajstić information content (AvgIpc) is 3.15. The van der Waals surface area contributed by atoms with Crippen LogP contribution in [0.2, 0.25) is 0 Å². The molecule has 2 heterocycles. The maximum Gasteiger partial charge on any atom is 0.282 e. The van der Waals surface area contributed by atoms with Crippen LogP contribution in [0, 0.1) is 0 Å². The summed E-state index contributed by atoms with van der Waals surface area (Å²) in [6, 6.07) is 7.15. The minimum Gasteiger partial charge on any atom is -0.497 e. The fourth-order valence-electron chi connectivity index (χ4n) is 4.32. The summed E-state index contributed by atoms with van der Waals surface area (Å²) in [7, 11) is 3.23. The van der Waals surface area contributed by atoms with Crippen LogP contribution in [0.5, 0.6) is 5.75 Å². The molecule has 168 valence electrons. The molecule has 8 nitrogen and oxygen atoms in total. The van der Waals surface area contributed by atoms with Crippen LogP contribution in [-0.2, 0) is 16.0 Å². The molecule has 2 fully saturated rings. The van der Waals surface area contributed by atoms with E-state index in [0.29, 0.717) is 25.1 Å². The second-order valence-electron chi connectivity index (χ2n) is 7.84. The topological polar surface area (TPSA) is 96.8 Å². The van der Waals surface area contributed by atoms with Gasteiger partial charge in [0.2, 0.25) is 0 Å². The number of carbonyl (C=O) groups excluding carboxylic acids is 1. The predicted molar refractivity (Wildman–Crippen MR) is 121 cm³/mol. The SMILES string of the molecule is C=CCCC[C@@H]1C[C@@H](N=[N+]=[N-])C[C@](OC)([C@@H]2CSC(=O)N2Cc2ccc(OC)cc2)O1. The van der Waals surface area contributed by atoms with Gasteiger partial charge in [-0.15, -0.1) is 6.58 Å². The van der Waals surface area contributed by atoms with E-state index in [4.69, 9.17) is 19.7 Å². The molecular formula is C22H30N4O4S. The highest BCUT2D eigenvalue weighted by Gasteiger charge is 2.53. The fraction of sp³-hybridized carbons (Fsp3) is 0.591. The highest BCUT2D eigenvalue weighted by Crippen LogP contribution is 2.42. The number of azide groups is 1. The van der Waals surface area contributed by atoms with Crippen molar-refractivity contribution in [2.45, 2.75) is 62.6 Å². The molecule has 0 aromatic heterocycles. The van der Waals surface area contributed by atoms with Gasteiger partial charge in [0.15, 0.2) is 5.79 Å². The molecule has 0 unspecified atom stereocenters. The van der Waals surface area contributed by atoms with E-state index in [1.807, 2.05) is 35.2 Å². The van der Waals surface area contributed by atoms with E-state index in [-0.39, 0.29) is 23.4 Å². The van der Waals surface area contributed by atoms with Crippen LogP contribution in [0.4, 0.5) is 4.79 Å². The Morgan fingerprint density at radius 3 is 2.84 bits per heavy atom. The van der Waals surface area contributed by atoms with Gasteiger partial charge >= 0.3 is 0 Å². The van der Waals surface area contributed by atoms with E-state index in [1.165, 1.54) is 11.8 Å². The van der Waals surface area contributed by atoms with Gasteiger partial charge in [0.25, 0.3) is 5.24 Å². The van der Waals surface area contributed by atoms with Crippen molar-refractivity contribution in [2.24, 2.45) is 5.11 Å². The third kappa shape index (κ3) is 5.54. The van der Waals surface area contributed by atoms with Crippen molar-refractivity contribution in [1.82, 2.24) is 4.90 Å². The smallest absolute Gasteiger partial charge is 0.282 e. The lowest BCUT2D eigenvalue weighted by atomic mass is 9.89. The van der Waals surface area contributed by atoms with Crippen molar-refractivity contribution >= 4 is 17.0 Å². The average molecular weight is 447 g/mol. The number of benzene rings is 1. The summed E-state index contributed by atoms with van der Waals surface area (Å²) < 4.78 is 17.7. The molecule has 1 aromatic carbocycles. The Kier molecular flexibility index (Phi) is 8.26. The molecule has 0 radical (unpaired) electrons. The second-order valence-corrected chi connectivity index (χ2v) is 8.81. The lowest BCUT2D eigenvalue weighted by Gasteiger charge is -2.47. The molecule has 0 N–H and O–H groups in total. The van der Waals surface area contributed by atoms with E-state index >= 15 is 0 Å². The van der Waals surface area contributed by atoms with Gasteiger partial charge in [-0.1, -0.05) is 35.1 Å². The van der Waals surface area contributed by atoms with Gasteiger partial charge in [-0.05, 0) is 48.9 Å². The van der Waals surface area contributed by atoms with Gasteiger partial charge in [-0.25, -0.2) is 0 Å². The summed E-state index contributed by atoms with van der Waals surface area (Å²) in [4.78, 5) is 17.6. The number of thioether (sulfide) groups is 1. The van der Waals surface area contributed by atoms with Crippen molar-refractivity contribution in [3.63, 3.8) is 0 Å². The number of rotatable bonds is 10. The summed E-state index contributed by atoms with van der Waals surface area (Å²) in [6.07, 6.45) is 5.51. The Hall–Kier alpha value is -2.19. The lowest BCUT2D eigenvalue weighted by molar-refractivity contribution is -0.292. The van der Waals surface area contributed by atoms with E-state index in [1.54, 1.807) is 14.2 Å². The standard InChI is InChI=1S/C22H30N4O4S/c1-4-5-6-7-19-12-17(24-25-23)13-22(29-3,30-19)20-15-31-21(27)26(20)14-16-8-10-18(28-2)11-9-16/h4,8-11,17,19-20H,1,5-7,12-15H2,2-3H3/t17-,19-,20+,22-/m1/s1. The number of methoxy groups -OCH3 is 2. The highest BCUT2D eigenvalue weighted by molar-refractivity contribution is 8.13. The molecule has 0 spiro atoms. The Balaban J connectivity index is 1.83. The molecule has 31 heavy (non-hydrogen) atoms. The maximum atomic E-state index is 12.8. The van der Waals surface area contributed by atoms with Crippen molar-refractivity contribution < 1.29 is 19.0 Å². The summed E-state index contributed by atoms with van der Waals surface area (Å²) in [5.74, 6) is 0.318. The number of allylic oxidation sites excluding steroid dienone is 1. The minimum atomic E-state index is -1.01. The number of carbonyl (C=O) groups is 1. The molecule has 0 aliphatic carbocycles. The molecule has 3 rings (SSSR count). The summed E-state index contributed by atoms with van der Waals surface area (Å²) >= 11 is 1.27. The van der Waals surface area contributed by atoms with Crippen molar-refractivity contribution in [3.05, 3.63) is 52.9 Å². The Morgan fingerprint density at radius 1 is 1.42 bits per heavy atom. The Morgan fingerprint density at radius 2 is 2.19 bits per heavy atom. The van der Waals surface area contributed by atoms with Gasteiger partial charge in [0, 0.05) is 36.8 Å². The van der Waals surface area contributed by atoms with E-state index in [0.717, 1.165) is 30.6 Å². The number of amides is 1. The molecule has 1 aromatic rings. The quantitative estimate of drug-likeness (QED) is 0.160. The van der Waals surface area contributed by atoms with E-state index < -0.39 is 5.79 Å². The van der Waals surface area contributed by atoms with Crippen LogP contribution in [0.25, 0.3) is 10.4 Å². The predicted octanol–water partition coefficient (Wildman–Crippen LogP) is 5.29. The number of ether oxygens (including phenoxy) is 3. The molecule has 2 saturated heterocycles. The first-order chi connectivity index (χ1) is 15.0. The van der Waals surface area contributed by atoms with Crippen LogP contribution >= 0.6 is 11.8 Å². The zero-order valence-electron chi connectivity index (χ0n) is 18.1. The van der Waals surface area contributed by atoms with Crippen LogP contribution in [0.3, 0.4) is 0 Å². The number of unbranched alkanes of at least 4 members (excludes halogenated alkanes) is 1. The highest BCUT2D eigenvalue weighted by atomic mass is 32.2. The third-order valence-corrected chi connectivity index (χ3v) is 6.88. The molecule has 0 bridgehead atoms. The molecular weight excluding hydrogens is 416 g/mol. The molecule has 4 atom stereocenters. The van der Waals surface area contributed by atoms with Crippen molar-refractivity contribution in [1.29, 1.82) is 0 Å². The summed E-state index contributed by atoms with van der Waals surface area (Å²) in [6.45, 7) is 4.22. The molecule has 2 aliphatic rings. The Labute approximate surface area is 187 Å². The van der Waals surface area contributed by atoms with Crippen LogP contribution < -0.4 is 4.74 Å². The van der Waals surface area contributed by atoms with Crippen LogP contribution in [0.15, 0.2) is 42.0 Å². The first kappa shape index (κ1) is 23.5. The van der Waals surface area contributed by atoms with Gasteiger partial charge in [-0.2, -0.15) is 0 Å². The van der Waals surface area contributed by atoms with Crippen molar-refractivity contribution in [2.75, 3.05) is 20.0 Å². The third-order valence-electron chi connectivity index (χ3n) is 5.91. The number of hydrogen-bond donors (Lipinski definition) is 0. The monoisotopic (exact) mass is 446 g/mol. The first-order valence-corrected chi connectivity index (χ1v) is 11.5. The summed E-state index contributed by atoms with van der Waals surface area (Å²) in [5.41, 5.74) is 10.0. The lowest BCUT2D eigenvalue weighted by Crippen LogP contribution is -2.59. The van der Waals surface area contributed by atoms with E-state index in [2.05, 4.69) is 16.6 Å². The molecule has 0 saturated carbocycles. The van der Waals surface area contributed by atoms with E-state index in [9.17, 15) is 4.79 Å². The number of hydrogen-bond acceptors (Lipinski definition) is 6. The zero-order valence-corrected chi connectivity index (χ0v) is 18.9. The fourth-order valence-corrected chi connectivity index (χ4v) is 5.41. The minimum absolute atomic E-state index is 0.00467. The van der Waals surface area contributed by atoms with Crippen LogP contribution in [-0.4, -0.2) is 54.1 Å². The van der Waals surface area contributed by atoms with Crippen molar-refractivity contribution in [3.8, 4) is 5.75 Å². The zero-order chi connectivity index (χ0) is 22.3. The van der Waals surface area contributed by atoms with Crippen LogP contribution in [0.1, 0.15) is 37.7 Å². The van der Waals surface area contributed by atoms with Gasteiger partial charge in [-0.3, -0.25) is 4.79 Å². The largest absolute Gasteiger partial charge is 0.497 e. The summed E-state index contributed by atoms with van der Waals surface area (Å²) in [5, 5.41) is 4.00. The normalized spacial score (nSPS) is 28.3. The van der Waals surface area contributed by atoms with Gasteiger partial charge < -0.3 is 19.1 Å². The number of nitrogens with zero attached hydrogens (tertiary/aromatic N) is 4. The maximum absolute atomic E-state index is 12.8. The molecule has 9 heteroatoms. The molecule has 1 amide bonds. The first-order valence-electron chi connectivity index (χ1n) is 10.5.